The van der Waals surface area contributed by atoms with Gasteiger partial charge in [0.25, 0.3) is 0 Å². The Morgan fingerprint density at radius 1 is 1.09 bits per heavy atom. The maximum absolute atomic E-state index is 10.6. The maximum Gasteiger partial charge on any atom is 0.120 e. The van der Waals surface area contributed by atoms with E-state index in [2.05, 4.69) is 19.1 Å². The molecule has 2 aromatic carbocycles. The maximum atomic E-state index is 10.6. The molecule has 1 N–H and O–H groups in total. The van der Waals surface area contributed by atoms with Gasteiger partial charge in [0.05, 0.1) is 6.10 Å². The zero-order valence-corrected chi connectivity index (χ0v) is 13.1. The Hall–Kier alpha value is -1.80. The van der Waals surface area contributed by atoms with Crippen molar-refractivity contribution in [3.8, 4) is 5.75 Å². The number of hydrogen-bond acceptors (Lipinski definition) is 2. The van der Waals surface area contributed by atoms with E-state index in [9.17, 15) is 5.11 Å². The zero-order valence-electron chi connectivity index (χ0n) is 13.1. The number of aliphatic hydroxyl groups is 1. The van der Waals surface area contributed by atoms with Crippen molar-refractivity contribution in [1.29, 1.82) is 0 Å². The smallest absolute Gasteiger partial charge is 0.120 e. The normalized spacial score (nSPS) is 22.5. The number of ether oxygens (including phenoxy) is 1. The minimum atomic E-state index is -0.370. The lowest BCUT2D eigenvalue weighted by Gasteiger charge is -2.19. The summed E-state index contributed by atoms with van der Waals surface area (Å²) in [5.74, 6) is 1.95. The molecule has 2 nitrogen and oxygen atoms in total. The van der Waals surface area contributed by atoms with Gasteiger partial charge in [-0.3, -0.25) is 0 Å². The zero-order chi connectivity index (χ0) is 15.4. The predicted octanol–water partition coefficient (Wildman–Crippen LogP) is 4.74. The second-order valence-corrected chi connectivity index (χ2v) is 6.47. The lowest BCUT2D eigenvalue weighted by molar-refractivity contribution is 0.109. The van der Waals surface area contributed by atoms with Crippen LogP contribution in [-0.4, -0.2) is 5.11 Å². The molecule has 0 unspecified atom stereocenters. The van der Waals surface area contributed by atoms with Gasteiger partial charge in [-0.25, -0.2) is 0 Å². The summed E-state index contributed by atoms with van der Waals surface area (Å²) in [6.07, 6.45) is 3.10. The van der Waals surface area contributed by atoms with Crippen LogP contribution in [0.4, 0.5) is 0 Å². The molecule has 2 aromatic rings. The van der Waals surface area contributed by atoms with Crippen LogP contribution in [0.15, 0.2) is 54.6 Å². The van der Waals surface area contributed by atoms with Crippen LogP contribution in [0.25, 0.3) is 0 Å². The Labute approximate surface area is 132 Å². The molecular formula is C20H24O2. The van der Waals surface area contributed by atoms with Gasteiger partial charge in [-0.15, -0.1) is 0 Å². The van der Waals surface area contributed by atoms with E-state index in [-0.39, 0.29) is 6.10 Å². The molecule has 0 amide bonds. The molecule has 1 saturated carbocycles. The molecule has 1 fully saturated rings. The molecule has 0 spiro atoms. The Morgan fingerprint density at radius 2 is 1.91 bits per heavy atom. The van der Waals surface area contributed by atoms with Crippen molar-refractivity contribution in [3.63, 3.8) is 0 Å². The Balaban J connectivity index is 1.64. The quantitative estimate of drug-likeness (QED) is 0.864. The number of aliphatic hydroxyl groups excluding tert-OH is 1. The average Bonchev–Trinajstić information content (AvgIpc) is 3.00. The van der Waals surface area contributed by atoms with Gasteiger partial charge in [-0.2, -0.15) is 0 Å². The van der Waals surface area contributed by atoms with E-state index in [0.717, 1.165) is 35.6 Å². The highest BCUT2D eigenvalue weighted by atomic mass is 16.5. The third-order valence-corrected chi connectivity index (χ3v) is 4.63. The molecule has 1 aliphatic rings. The molecule has 1 aliphatic carbocycles. The van der Waals surface area contributed by atoms with Crippen LogP contribution < -0.4 is 4.74 Å². The van der Waals surface area contributed by atoms with Crippen molar-refractivity contribution in [2.75, 3.05) is 0 Å². The summed E-state index contributed by atoms with van der Waals surface area (Å²) in [6, 6.07) is 18.0. The minimum Gasteiger partial charge on any atom is -0.489 e. The summed E-state index contributed by atoms with van der Waals surface area (Å²) < 4.78 is 5.86. The van der Waals surface area contributed by atoms with E-state index >= 15 is 0 Å². The summed E-state index contributed by atoms with van der Waals surface area (Å²) in [6.45, 7) is 2.83. The average molecular weight is 296 g/mol. The van der Waals surface area contributed by atoms with Gasteiger partial charge < -0.3 is 9.84 Å². The summed E-state index contributed by atoms with van der Waals surface area (Å²) in [5, 5.41) is 10.6. The van der Waals surface area contributed by atoms with E-state index in [0.29, 0.717) is 12.5 Å². The second-order valence-electron chi connectivity index (χ2n) is 6.47. The second kappa shape index (κ2) is 6.97. The van der Waals surface area contributed by atoms with Crippen molar-refractivity contribution in [3.05, 3.63) is 65.7 Å². The van der Waals surface area contributed by atoms with Crippen LogP contribution in [0.5, 0.6) is 5.75 Å². The highest BCUT2D eigenvalue weighted by Gasteiger charge is 2.28. The molecule has 0 heterocycles. The summed E-state index contributed by atoms with van der Waals surface area (Å²) >= 11 is 0. The Morgan fingerprint density at radius 3 is 2.64 bits per heavy atom. The van der Waals surface area contributed by atoms with Gasteiger partial charge >= 0.3 is 0 Å². The SMILES string of the molecule is C[C@H]1CC[C@@H]([C@H](O)c2cccc(OCc3ccccc3)c2)C1. The van der Waals surface area contributed by atoms with E-state index < -0.39 is 0 Å². The molecule has 0 saturated heterocycles. The van der Waals surface area contributed by atoms with Crippen LogP contribution >= 0.6 is 0 Å². The fourth-order valence-corrected chi connectivity index (χ4v) is 3.34. The fraction of sp³-hybridized carbons (Fsp3) is 0.400. The first-order chi connectivity index (χ1) is 10.7. The Kier molecular flexibility index (Phi) is 4.79. The topological polar surface area (TPSA) is 29.5 Å². The first-order valence-corrected chi connectivity index (χ1v) is 8.17. The molecule has 0 bridgehead atoms. The molecule has 0 aromatic heterocycles. The van der Waals surface area contributed by atoms with Crippen LogP contribution in [0.3, 0.4) is 0 Å². The third kappa shape index (κ3) is 3.69. The highest BCUT2D eigenvalue weighted by molar-refractivity contribution is 5.30. The molecule has 116 valence electrons. The standard InChI is InChI=1S/C20H24O2/c1-15-10-11-18(12-15)20(21)17-8-5-9-19(13-17)22-14-16-6-3-2-4-7-16/h2-9,13,15,18,20-21H,10-12,14H2,1H3/t15-,18+,20+/m0/s1. The monoisotopic (exact) mass is 296 g/mol. The molecular weight excluding hydrogens is 272 g/mol. The van der Waals surface area contributed by atoms with Crippen molar-refractivity contribution in [2.24, 2.45) is 11.8 Å². The van der Waals surface area contributed by atoms with Crippen molar-refractivity contribution in [2.45, 2.75) is 38.9 Å². The van der Waals surface area contributed by atoms with Gasteiger partial charge in [-0.05, 0) is 47.9 Å². The van der Waals surface area contributed by atoms with Crippen molar-refractivity contribution >= 4 is 0 Å². The molecule has 2 heteroatoms. The highest BCUT2D eigenvalue weighted by Crippen LogP contribution is 2.39. The predicted molar refractivity (Wildman–Crippen MR) is 88.7 cm³/mol. The van der Waals surface area contributed by atoms with Crippen LogP contribution in [0.2, 0.25) is 0 Å². The van der Waals surface area contributed by atoms with Crippen molar-refractivity contribution < 1.29 is 9.84 Å². The summed E-state index contributed by atoms with van der Waals surface area (Å²) in [7, 11) is 0. The molecule has 3 atom stereocenters. The van der Waals surface area contributed by atoms with Gasteiger partial charge in [0.2, 0.25) is 0 Å². The lowest BCUT2D eigenvalue weighted by Crippen LogP contribution is -2.09. The number of hydrogen-bond donors (Lipinski definition) is 1. The summed E-state index contributed by atoms with van der Waals surface area (Å²) in [5.41, 5.74) is 2.13. The largest absolute Gasteiger partial charge is 0.489 e. The minimum absolute atomic E-state index is 0.370. The molecule has 0 radical (unpaired) electrons. The lowest BCUT2D eigenvalue weighted by atomic mass is 9.93. The molecule has 3 rings (SSSR count). The van der Waals surface area contributed by atoms with Crippen LogP contribution in [-0.2, 0) is 6.61 Å². The number of rotatable bonds is 5. The summed E-state index contributed by atoms with van der Waals surface area (Å²) in [4.78, 5) is 0. The first kappa shape index (κ1) is 15.1. The van der Waals surface area contributed by atoms with Crippen LogP contribution in [0.1, 0.15) is 43.4 Å². The van der Waals surface area contributed by atoms with Crippen LogP contribution in [0, 0.1) is 11.8 Å². The van der Waals surface area contributed by atoms with E-state index in [1.807, 2.05) is 42.5 Å². The van der Waals surface area contributed by atoms with E-state index in [1.54, 1.807) is 0 Å². The van der Waals surface area contributed by atoms with Gasteiger partial charge in [-0.1, -0.05) is 55.8 Å². The first-order valence-electron chi connectivity index (χ1n) is 8.17. The fourth-order valence-electron chi connectivity index (χ4n) is 3.34. The Bertz CT molecular complexity index is 594. The molecule has 0 aliphatic heterocycles. The van der Waals surface area contributed by atoms with E-state index in [1.165, 1.54) is 6.42 Å². The number of benzene rings is 2. The van der Waals surface area contributed by atoms with Crippen molar-refractivity contribution in [1.82, 2.24) is 0 Å². The third-order valence-electron chi connectivity index (χ3n) is 4.63. The van der Waals surface area contributed by atoms with Gasteiger partial charge in [0.1, 0.15) is 12.4 Å². The van der Waals surface area contributed by atoms with E-state index in [4.69, 9.17) is 4.74 Å². The van der Waals surface area contributed by atoms with Gasteiger partial charge in [0, 0.05) is 0 Å². The van der Waals surface area contributed by atoms with Gasteiger partial charge in [0.15, 0.2) is 0 Å². The molecule has 22 heavy (non-hydrogen) atoms.